The van der Waals surface area contributed by atoms with Gasteiger partial charge < -0.3 is 15.4 Å². The van der Waals surface area contributed by atoms with E-state index in [2.05, 4.69) is 15.4 Å². The SMILES string of the molecule is COC(=O)CNCCCNC=O. The lowest BCUT2D eigenvalue weighted by Crippen LogP contribution is -2.27. The highest BCUT2D eigenvalue weighted by Crippen LogP contribution is 1.73. The number of carbonyl (C=O) groups excluding carboxylic acids is 2. The van der Waals surface area contributed by atoms with Gasteiger partial charge in [0.1, 0.15) is 0 Å². The summed E-state index contributed by atoms with van der Waals surface area (Å²) in [5, 5.41) is 5.38. The second-order valence-corrected chi connectivity index (χ2v) is 2.18. The van der Waals surface area contributed by atoms with E-state index in [1.807, 2.05) is 0 Å². The number of nitrogens with one attached hydrogen (secondary N) is 2. The molecule has 0 aliphatic heterocycles. The minimum atomic E-state index is -0.279. The van der Waals surface area contributed by atoms with Gasteiger partial charge in [-0.1, -0.05) is 0 Å². The van der Waals surface area contributed by atoms with Crippen molar-refractivity contribution in [2.24, 2.45) is 0 Å². The highest BCUT2D eigenvalue weighted by atomic mass is 16.5. The molecule has 0 aromatic heterocycles. The van der Waals surface area contributed by atoms with Crippen molar-refractivity contribution in [2.75, 3.05) is 26.7 Å². The fourth-order valence-electron chi connectivity index (χ4n) is 0.637. The number of hydrogen-bond donors (Lipinski definition) is 2. The summed E-state index contributed by atoms with van der Waals surface area (Å²) >= 11 is 0. The van der Waals surface area contributed by atoms with E-state index in [-0.39, 0.29) is 12.5 Å². The fourth-order valence-corrected chi connectivity index (χ4v) is 0.637. The molecule has 5 nitrogen and oxygen atoms in total. The van der Waals surface area contributed by atoms with Crippen LogP contribution in [0.3, 0.4) is 0 Å². The first-order valence-corrected chi connectivity index (χ1v) is 3.76. The standard InChI is InChI=1S/C7H14N2O3/c1-12-7(11)5-8-3-2-4-9-6-10/h6,8H,2-5H2,1H3,(H,9,10). The zero-order valence-corrected chi connectivity index (χ0v) is 7.13. The van der Waals surface area contributed by atoms with Crippen LogP contribution >= 0.6 is 0 Å². The van der Waals surface area contributed by atoms with E-state index in [1.54, 1.807) is 0 Å². The third kappa shape index (κ3) is 7.01. The molecule has 0 aromatic rings. The Kier molecular flexibility index (Phi) is 7.27. The Morgan fingerprint density at radius 1 is 1.50 bits per heavy atom. The zero-order valence-electron chi connectivity index (χ0n) is 7.13. The highest BCUT2D eigenvalue weighted by molar-refractivity contribution is 5.71. The summed E-state index contributed by atoms with van der Waals surface area (Å²) < 4.78 is 4.40. The normalized spacial score (nSPS) is 9.08. The maximum absolute atomic E-state index is 10.5. The summed E-state index contributed by atoms with van der Waals surface area (Å²) in [5.74, 6) is -0.279. The maximum Gasteiger partial charge on any atom is 0.319 e. The Labute approximate surface area is 71.5 Å². The molecular formula is C7H14N2O3. The van der Waals surface area contributed by atoms with Crippen molar-refractivity contribution in [2.45, 2.75) is 6.42 Å². The van der Waals surface area contributed by atoms with E-state index in [9.17, 15) is 9.59 Å². The predicted molar refractivity (Wildman–Crippen MR) is 43.6 cm³/mol. The first-order valence-electron chi connectivity index (χ1n) is 3.76. The Morgan fingerprint density at radius 3 is 2.83 bits per heavy atom. The van der Waals surface area contributed by atoms with Gasteiger partial charge in [0.05, 0.1) is 13.7 Å². The Hall–Kier alpha value is -1.10. The Bertz CT molecular complexity index is 139. The molecule has 0 atom stereocenters. The molecule has 0 bridgehead atoms. The molecule has 0 heterocycles. The lowest BCUT2D eigenvalue weighted by atomic mass is 10.4. The van der Waals surface area contributed by atoms with Crippen LogP contribution < -0.4 is 10.6 Å². The van der Waals surface area contributed by atoms with Crippen molar-refractivity contribution in [1.29, 1.82) is 0 Å². The van der Waals surface area contributed by atoms with Crippen LogP contribution in [-0.4, -0.2) is 39.1 Å². The second-order valence-electron chi connectivity index (χ2n) is 2.18. The molecule has 1 amide bonds. The number of carbonyl (C=O) groups is 2. The molecule has 0 aliphatic carbocycles. The van der Waals surface area contributed by atoms with Gasteiger partial charge in [0.15, 0.2) is 0 Å². The van der Waals surface area contributed by atoms with Gasteiger partial charge in [0, 0.05) is 6.54 Å². The zero-order chi connectivity index (χ0) is 9.23. The topological polar surface area (TPSA) is 67.4 Å². The van der Waals surface area contributed by atoms with Crippen LogP contribution in [0.25, 0.3) is 0 Å². The number of rotatable bonds is 7. The van der Waals surface area contributed by atoms with Crippen molar-refractivity contribution in [3.63, 3.8) is 0 Å². The van der Waals surface area contributed by atoms with Gasteiger partial charge in [-0.25, -0.2) is 0 Å². The van der Waals surface area contributed by atoms with E-state index < -0.39 is 0 Å². The molecule has 70 valence electrons. The third-order valence-electron chi connectivity index (χ3n) is 1.26. The van der Waals surface area contributed by atoms with E-state index in [1.165, 1.54) is 7.11 Å². The van der Waals surface area contributed by atoms with Gasteiger partial charge in [-0.2, -0.15) is 0 Å². The Balaban J connectivity index is 3.00. The van der Waals surface area contributed by atoms with Gasteiger partial charge in [-0.15, -0.1) is 0 Å². The average molecular weight is 174 g/mol. The van der Waals surface area contributed by atoms with Gasteiger partial charge in [-0.3, -0.25) is 9.59 Å². The average Bonchev–Trinajstić information content (AvgIpc) is 2.10. The molecule has 0 aromatic carbocycles. The van der Waals surface area contributed by atoms with Crippen LogP contribution in [0.2, 0.25) is 0 Å². The third-order valence-corrected chi connectivity index (χ3v) is 1.26. The predicted octanol–water partition coefficient (Wildman–Crippen LogP) is -1.11. The second kappa shape index (κ2) is 8.00. The summed E-state index contributed by atoms with van der Waals surface area (Å²) in [4.78, 5) is 20.3. The van der Waals surface area contributed by atoms with Gasteiger partial charge in [-0.05, 0) is 13.0 Å². The number of amides is 1. The lowest BCUT2D eigenvalue weighted by molar-refractivity contribution is -0.139. The van der Waals surface area contributed by atoms with Crippen molar-refractivity contribution in [1.82, 2.24) is 10.6 Å². The summed E-state index contributed by atoms with van der Waals surface area (Å²) in [6.45, 7) is 1.53. The van der Waals surface area contributed by atoms with Crippen LogP contribution in [0.4, 0.5) is 0 Å². The molecule has 0 unspecified atom stereocenters. The minimum Gasteiger partial charge on any atom is -0.468 e. The number of methoxy groups -OCH3 is 1. The van der Waals surface area contributed by atoms with Gasteiger partial charge in [0.25, 0.3) is 0 Å². The number of esters is 1. The molecular weight excluding hydrogens is 160 g/mol. The molecule has 0 spiro atoms. The van der Waals surface area contributed by atoms with E-state index >= 15 is 0 Å². The van der Waals surface area contributed by atoms with Crippen molar-refractivity contribution >= 4 is 12.4 Å². The van der Waals surface area contributed by atoms with Crippen LogP contribution in [0.15, 0.2) is 0 Å². The Morgan fingerprint density at radius 2 is 2.25 bits per heavy atom. The summed E-state index contributed by atoms with van der Waals surface area (Å²) in [6.07, 6.45) is 1.45. The summed E-state index contributed by atoms with van der Waals surface area (Å²) in [6, 6.07) is 0. The largest absolute Gasteiger partial charge is 0.468 e. The van der Waals surface area contributed by atoms with E-state index in [4.69, 9.17) is 0 Å². The van der Waals surface area contributed by atoms with E-state index in [0.717, 1.165) is 6.42 Å². The van der Waals surface area contributed by atoms with Crippen molar-refractivity contribution in [3.8, 4) is 0 Å². The maximum atomic E-state index is 10.5. The molecule has 12 heavy (non-hydrogen) atoms. The number of ether oxygens (including phenoxy) is 1. The first kappa shape index (κ1) is 10.9. The molecule has 0 radical (unpaired) electrons. The smallest absolute Gasteiger partial charge is 0.319 e. The summed E-state index contributed by atoms with van der Waals surface area (Å²) in [7, 11) is 1.35. The van der Waals surface area contributed by atoms with Crippen molar-refractivity contribution in [3.05, 3.63) is 0 Å². The molecule has 0 rings (SSSR count). The van der Waals surface area contributed by atoms with Crippen LogP contribution in [0.5, 0.6) is 0 Å². The summed E-state index contributed by atoms with van der Waals surface area (Å²) in [5.41, 5.74) is 0. The molecule has 0 saturated carbocycles. The molecule has 0 saturated heterocycles. The fraction of sp³-hybridized carbons (Fsp3) is 0.714. The lowest BCUT2D eigenvalue weighted by Gasteiger charge is -2.02. The van der Waals surface area contributed by atoms with Crippen LogP contribution in [-0.2, 0) is 14.3 Å². The van der Waals surface area contributed by atoms with E-state index in [0.29, 0.717) is 19.5 Å². The van der Waals surface area contributed by atoms with Gasteiger partial charge in [0.2, 0.25) is 6.41 Å². The van der Waals surface area contributed by atoms with Crippen molar-refractivity contribution < 1.29 is 14.3 Å². The molecule has 0 aliphatic rings. The first-order chi connectivity index (χ1) is 5.81. The van der Waals surface area contributed by atoms with Gasteiger partial charge >= 0.3 is 5.97 Å². The molecule has 2 N–H and O–H groups in total. The minimum absolute atomic E-state index is 0.220. The highest BCUT2D eigenvalue weighted by Gasteiger charge is 1.96. The van der Waals surface area contributed by atoms with Crippen LogP contribution in [0, 0.1) is 0 Å². The van der Waals surface area contributed by atoms with Crippen LogP contribution in [0.1, 0.15) is 6.42 Å². The molecule has 0 fully saturated rings. The molecule has 5 heteroatoms. The quantitative estimate of drug-likeness (QED) is 0.291. The monoisotopic (exact) mass is 174 g/mol. The number of hydrogen-bond acceptors (Lipinski definition) is 4.